The van der Waals surface area contributed by atoms with Gasteiger partial charge in [-0.3, -0.25) is 4.79 Å². The average Bonchev–Trinajstić information content (AvgIpc) is 2.70. The quantitative estimate of drug-likeness (QED) is 0.855. The number of rotatable bonds is 2. The van der Waals surface area contributed by atoms with Crippen LogP contribution in [0.25, 0.3) is 0 Å². The van der Waals surface area contributed by atoms with Gasteiger partial charge < -0.3 is 4.90 Å². The number of carbonyl (C=O) groups is 1. The number of halogens is 2. The molecule has 0 saturated carbocycles. The molecule has 1 aromatic carbocycles. The third-order valence-corrected chi connectivity index (χ3v) is 5.56. The van der Waals surface area contributed by atoms with Crippen molar-refractivity contribution < 1.29 is 17.6 Å². The van der Waals surface area contributed by atoms with Crippen LogP contribution >= 0.6 is 15.9 Å². The van der Waals surface area contributed by atoms with Crippen LogP contribution in [0.5, 0.6) is 0 Å². The Morgan fingerprint density at radius 2 is 2.05 bits per heavy atom. The summed E-state index contributed by atoms with van der Waals surface area (Å²) in [4.78, 5) is 13.6. The zero-order valence-corrected chi connectivity index (χ0v) is 14.1. The first-order valence-corrected chi connectivity index (χ1v) is 8.66. The lowest BCUT2D eigenvalue weighted by molar-refractivity contribution is 0.0776. The Balaban J connectivity index is 2.46. The van der Waals surface area contributed by atoms with Gasteiger partial charge in [-0.15, -0.1) is 0 Å². The Kier molecular flexibility index (Phi) is 4.16. The van der Waals surface area contributed by atoms with Gasteiger partial charge in [0.25, 0.3) is 5.91 Å². The predicted octanol–water partition coefficient (Wildman–Crippen LogP) is 2.11. The normalized spacial score (nSPS) is 18.0. The molecule has 8 heteroatoms. The Hall–Kier alpha value is -0.990. The Bertz CT molecular complexity index is 704. The van der Waals surface area contributed by atoms with Crippen LogP contribution in [0.15, 0.2) is 21.5 Å². The molecule has 1 saturated heterocycles. The second-order valence-electron chi connectivity index (χ2n) is 5.95. The third-order valence-electron chi connectivity index (χ3n) is 3.51. The second kappa shape index (κ2) is 5.33. The second-order valence-corrected chi connectivity index (χ2v) is 8.27. The summed E-state index contributed by atoms with van der Waals surface area (Å²) in [6, 6.07) is 1.82. The molecule has 2 rings (SSSR count). The van der Waals surface area contributed by atoms with Gasteiger partial charge in [-0.2, -0.15) is 0 Å². The van der Waals surface area contributed by atoms with E-state index in [0.717, 1.165) is 18.6 Å². The lowest BCUT2D eigenvalue weighted by Gasteiger charge is -2.21. The van der Waals surface area contributed by atoms with Crippen LogP contribution in [0.1, 0.15) is 30.6 Å². The number of nitrogens with zero attached hydrogens (tertiary/aromatic N) is 1. The zero-order chi connectivity index (χ0) is 16.0. The molecule has 1 aliphatic heterocycles. The predicted molar refractivity (Wildman–Crippen MR) is 79.8 cm³/mol. The monoisotopic (exact) mass is 378 g/mol. The van der Waals surface area contributed by atoms with Crippen LogP contribution < -0.4 is 5.14 Å². The maximum atomic E-state index is 13.6. The van der Waals surface area contributed by atoms with Crippen LogP contribution in [0.2, 0.25) is 0 Å². The first kappa shape index (κ1) is 16.4. The van der Waals surface area contributed by atoms with E-state index in [4.69, 9.17) is 5.14 Å². The minimum absolute atomic E-state index is 0.00102. The highest BCUT2D eigenvalue weighted by molar-refractivity contribution is 9.10. The van der Waals surface area contributed by atoms with E-state index >= 15 is 0 Å². The van der Waals surface area contributed by atoms with Gasteiger partial charge in [0.2, 0.25) is 10.0 Å². The van der Waals surface area contributed by atoms with Gasteiger partial charge in [0.05, 0.1) is 14.9 Å². The molecule has 0 aromatic heterocycles. The minimum Gasteiger partial charge on any atom is -0.338 e. The van der Waals surface area contributed by atoms with Crippen molar-refractivity contribution in [2.24, 2.45) is 10.6 Å². The fraction of sp³-hybridized carbons (Fsp3) is 0.462. The summed E-state index contributed by atoms with van der Waals surface area (Å²) in [5.74, 6) is -1.22. The number of sulfonamides is 1. The van der Waals surface area contributed by atoms with E-state index in [1.165, 1.54) is 0 Å². The van der Waals surface area contributed by atoms with Gasteiger partial charge in [0, 0.05) is 13.1 Å². The number of carbonyl (C=O) groups excluding carboxylic acids is 1. The number of primary sulfonamides is 1. The van der Waals surface area contributed by atoms with Crippen molar-refractivity contribution in [3.63, 3.8) is 0 Å². The van der Waals surface area contributed by atoms with Gasteiger partial charge >= 0.3 is 0 Å². The maximum Gasteiger partial charge on any atom is 0.255 e. The van der Waals surface area contributed by atoms with Gasteiger partial charge in [-0.05, 0) is 39.9 Å². The first-order valence-electron chi connectivity index (χ1n) is 6.32. The molecule has 0 atom stereocenters. The summed E-state index contributed by atoms with van der Waals surface area (Å²) < 4.78 is 36.5. The number of likely N-dealkylation sites (tertiary alicyclic amines) is 1. The molecular weight excluding hydrogens is 363 g/mol. The standard InChI is InChI=1S/C13H16BrFN2O3S/c1-13(2)3-4-17(7-13)12(18)9-5-8(15)6-10(11(9)14)21(16,19)20/h5-6H,3-4,7H2,1-2H3,(H2,16,19,20). The third kappa shape index (κ3) is 3.44. The van der Waals surface area contributed by atoms with E-state index in [1.54, 1.807) is 4.90 Å². The van der Waals surface area contributed by atoms with Crippen LogP contribution in [-0.4, -0.2) is 32.3 Å². The highest BCUT2D eigenvalue weighted by atomic mass is 79.9. The van der Waals surface area contributed by atoms with E-state index in [-0.39, 0.29) is 15.5 Å². The van der Waals surface area contributed by atoms with Crippen molar-refractivity contribution in [1.82, 2.24) is 4.90 Å². The van der Waals surface area contributed by atoms with Crippen molar-refractivity contribution in [2.45, 2.75) is 25.2 Å². The summed E-state index contributed by atoms with van der Waals surface area (Å²) in [6.45, 7) is 5.17. The average molecular weight is 379 g/mol. The zero-order valence-electron chi connectivity index (χ0n) is 11.7. The van der Waals surface area contributed by atoms with E-state index in [9.17, 15) is 17.6 Å². The number of hydrogen-bond acceptors (Lipinski definition) is 3. The SMILES string of the molecule is CC1(C)CCN(C(=O)c2cc(F)cc(S(N)(=O)=O)c2Br)C1. The Morgan fingerprint density at radius 1 is 1.43 bits per heavy atom. The highest BCUT2D eigenvalue weighted by Gasteiger charge is 2.34. The maximum absolute atomic E-state index is 13.6. The Labute approximate surface area is 131 Å². The molecule has 5 nitrogen and oxygen atoms in total. The van der Waals surface area contributed by atoms with E-state index in [2.05, 4.69) is 15.9 Å². The van der Waals surface area contributed by atoms with Crippen molar-refractivity contribution in [3.8, 4) is 0 Å². The number of amides is 1. The van der Waals surface area contributed by atoms with E-state index in [1.807, 2.05) is 13.8 Å². The molecule has 0 radical (unpaired) electrons. The summed E-state index contributed by atoms with van der Waals surface area (Å²) in [6.07, 6.45) is 0.841. The molecule has 2 N–H and O–H groups in total. The van der Waals surface area contributed by atoms with Crippen LogP contribution in [0, 0.1) is 11.2 Å². The van der Waals surface area contributed by atoms with Crippen molar-refractivity contribution in [2.75, 3.05) is 13.1 Å². The molecule has 1 aliphatic rings. The molecule has 1 amide bonds. The molecule has 21 heavy (non-hydrogen) atoms. The summed E-state index contributed by atoms with van der Waals surface area (Å²) >= 11 is 3.05. The van der Waals surface area contributed by atoms with Gasteiger partial charge in [-0.25, -0.2) is 17.9 Å². The smallest absolute Gasteiger partial charge is 0.255 e. The summed E-state index contributed by atoms with van der Waals surface area (Å²) in [7, 11) is -4.12. The number of hydrogen-bond donors (Lipinski definition) is 1. The molecule has 1 fully saturated rings. The lowest BCUT2D eigenvalue weighted by atomic mass is 9.93. The fourth-order valence-corrected chi connectivity index (χ4v) is 4.09. The van der Waals surface area contributed by atoms with Gasteiger partial charge in [0.1, 0.15) is 5.82 Å². The molecule has 116 valence electrons. The van der Waals surface area contributed by atoms with E-state index < -0.39 is 26.6 Å². The molecule has 1 heterocycles. The van der Waals surface area contributed by atoms with Gasteiger partial charge in [0.15, 0.2) is 0 Å². The Morgan fingerprint density at radius 3 is 2.52 bits per heavy atom. The fourth-order valence-electron chi connectivity index (χ4n) is 2.38. The molecule has 0 bridgehead atoms. The lowest BCUT2D eigenvalue weighted by Crippen LogP contribution is -2.31. The van der Waals surface area contributed by atoms with Crippen LogP contribution in [0.3, 0.4) is 0 Å². The molecule has 1 aromatic rings. The van der Waals surface area contributed by atoms with Crippen molar-refractivity contribution in [3.05, 3.63) is 28.0 Å². The first-order chi connectivity index (χ1) is 9.51. The highest BCUT2D eigenvalue weighted by Crippen LogP contribution is 2.32. The minimum atomic E-state index is -4.12. The summed E-state index contributed by atoms with van der Waals surface area (Å²) in [5, 5.41) is 5.04. The van der Waals surface area contributed by atoms with Crippen LogP contribution in [0.4, 0.5) is 4.39 Å². The number of nitrogens with two attached hydrogens (primary N) is 1. The van der Waals surface area contributed by atoms with Crippen molar-refractivity contribution in [1.29, 1.82) is 0 Å². The topological polar surface area (TPSA) is 80.5 Å². The number of benzene rings is 1. The molecule has 0 spiro atoms. The molecule has 0 aliphatic carbocycles. The summed E-state index contributed by atoms with van der Waals surface area (Å²) in [5.41, 5.74) is -0.0326. The molecule has 0 unspecified atom stereocenters. The van der Waals surface area contributed by atoms with Crippen LogP contribution in [-0.2, 0) is 10.0 Å². The molecular formula is C13H16BrFN2O3S. The van der Waals surface area contributed by atoms with Gasteiger partial charge in [-0.1, -0.05) is 13.8 Å². The largest absolute Gasteiger partial charge is 0.338 e. The van der Waals surface area contributed by atoms with Crippen molar-refractivity contribution >= 4 is 31.9 Å². The van der Waals surface area contributed by atoms with E-state index in [0.29, 0.717) is 13.1 Å².